The summed E-state index contributed by atoms with van der Waals surface area (Å²) in [6.45, 7) is 0.283. The average Bonchev–Trinajstić information content (AvgIpc) is 2.74. The number of aliphatic hydroxyl groups is 2. The van der Waals surface area contributed by atoms with E-state index < -0.39 is 5.60 Å². The van der Waals surface area contributed by atoms with Gasteiger partial charge in [0.2, 0.25) is 0 Å². The number of thiazole rings is 1. The fraction of sp³-hybridized carbons (Fsp3) is 0.750. The molecule has 0 radical (unpaired) electrons. The molecule has 3 rings (SSSR count). The Hall–Kier alpha value is -0.450. The van der Waals surface area contributed by atoms with Gasteiger partial charge < -0.3 is 10.2 Å². The molecule has 0 aromatic carbocycles. The number of aromatic nitrogens is 1. The zero-order valence-corrected chi connectivity index (χ0v) is 10.0. The molecule has 1 aromatic rings. The van der Waals surface area contributed by atoms with Gasteiger partial charge in [0.25, 0.3) is 0 Å². The maximum absolute atomic E-state index is 10.6. The van der Waals surface area contributed by atoms with Gasteiger partial charge in [0.15, 0.2) is 0 Å². The highest BCUT2D eigenvalue weighted by Crippen LogP contribution is 2.60. The lowest BCUT2D eigenvalue weighted by Crippen LogP contribution is -2.24. The van der Waals surface area contributed by atoms with Crippen LogP contribution in [-0.4, -0.2) is 21.8 Å². The van der Waals surface area contributed by atoms with E-state index in [0.29, 0.717) is 5.92 Å². The zero-order chi connectivity index (χ0) is 11.2. The lowest BCUT2D eigenvalue weighted by atomic mass is 9.87. The van der Waals surface area contributed by atoms with Gasteiger partial charge in [0, 0.05) is 18.2 Å². The van der Waals surface area contributed by atoms with Gasteiger partial charge >= 0.3 is 0 Å². The second-order valence-corrected chi connectivity index (χ2v) is 6.22. The highest BCUT2D eigenvalue weighted by atomic mass is 32.1. The number of aliphatic hydroxyl groups excluding tert-OH is 1. The Kier molecular flexibility index (Phi) is 2.35. The number of rotatable bonds is 3. The van der Waals surface area contributed by atoms with E-state index in [-0.39, 0.29) is 12.0 Å². The van der Waals surface area contributed by atoms with Crippen molar-refractivity contribution in [2.75, 3.05) is 6.61 Å². The molecule has 1 heterocycles. The van der Waals surface area contributed by atoms with E-state index in [0.717, 1.165) is 37.1 Å². The molecule has 0 amide bonds. The van der Waals surface area contributed by atoms with Gasteiger partial charge in [0.1, 0.15) is 10.6 Å². The van der Waals surface area contributed by atoms with Crippen LogP contribution in [0.1, 0.15) is 37.1 Å². The Morgan fingerprint density at radius 3 is 2.81 bits per heavy atom. The van der Waals surface area contributed by atoms with Gasteiger partial charge in [-0.05, 0) is 43.4 Å². The summed E-state index contributed by atoms with van der Waals surface area (Å²) in [7, 11) is 0. The van der Waals surface area contributed by atoms with Crippen LogP contribution in [0.4, 0.5) is 0 Å². The van der Waals surface area contributed by atoms with Crippen LogP contribution in [0.15, 0.2) is 11.6 Å². The molecule has 2 N–H and O–H groups in total. The summed E-state index contributed by atoms with van der Waals surface area (Å²) in [6, 6.07) is 0. The molecule has 2 atom stereocenters. The van der Waals surface area contributed by atoms with Crippen LogP contribution in [-0.2, 0) is 5.60 Å². The quantitative estimate of drug-likeness (QED) is 0.847. The standard InChI is InChI=1S/C12H17NO2S/c14-8-11(3-4-11)9-1-2-12(15,7-9)10-13-5-6-16-10/h5-6,9,14-15H,1-4,7-8H2/t9-,12+/m1/s1. The molecule has 0 unspecified atom stereocenters. The van der Waals surface area contributed by atoms with Crippen molar-refractivity contribution >= 4 is 11.3 Å². The fourth-order valence-corrected chi connectivity index (χ4v) is 3.83. The number of nitrogens with zero attached hydrogens (tertiary/aromatic N) is 1. The summed E-state index contributed by atoms with van der Waals surface area (Å²) in [4.78, 5) is 4.24. The van der Waals surface area contributed by atoms with Crippen LogP contribution in [0.25, 0.3) is 0 Å². The molecule has 0 spiro atoms. The van der Waals surface area contributed by atoms with Crippen molar-refractivity contribution in [3.63, 3.8) is 0 Å². The third-order valence-electron chi connectivity index (χ3n) is 4.39. The van der Waals surface area contributed by atoms with Gasteiger partial charge in [-0.15, -0.1) is 11.3 Å². The first-order valence-corrected chi connectivity index (χ1v) is 6.80. The molecule has 0 aliphatic heterocycles. The molecule has 2 fully saturated rings. The van der Waals surface area contributed by atoms with Gasteiger partial charge in [-0.25, -0.2) is 4.98 Å². The summed E-state index contributed by atoms with van der Waals surface area (Å²) >= 11 is 1.54. The Balaban J connectivity index is 1.78. The monoisotopic (exact) mass is 239 g/mol. The summed E-state index contributed by atoms with van der Waals surface area (Å²) in [5, 5.41) is 22.8. The third-order valence-corrected chi connectivity index (χ3v) is 5.36. The van der Waals surface area contributed by atoms with Crippen LogP contribution in [0.5, 0.6) is 0 Å². The molecule has 16 heavy (non-hydrogen) atoms. The van der Waals surface area contributed by atoms with Crippen molar-refractivity contribution in [2.24, 2.45) is 11.3 Å². The van der Waals surface area contributed by atoms with Crippen LogP contribution in [0, 0.1) is 11.3 Å². The predicted octanol–water partition coefficient (Wildman–Crippen LogP) is 1.90. The van der Waals surface area contributed by atoms with E-state index >= 15 is 0 Å². The second kappa shape index (κ2) is 3.52. The number of hydrogen-bond donors (Lipinski definition) is 2. The topological polar surface area (TPSA) is 53.4 Å². The van der Waals surface area contributed by atoms with Crippen molar-refractivity contribution in [1.82, 2.24) is 4.98 Å². The molecule has 2 aliphatic rings. The predicted molar refractivity (Wildman–Crippen MR) is 62.1 cm³/mol. The molecule has 2 saturated carbocycles. The van der Waals surface area contributed by atoms with Crippen LogP contribution >= 0.6 is 11.3 Å². The van der Waals surface area contributed by atoms with E-state index in [2.05, 4.69) is 4.98 Å². The third kappa shape index (κ3) is 1.51. The molecule has 88 valence electrons. The Morgan fingerprint density at radius 2 is 2.25 bits per heavy atom. The normalized spacial score (nSPS) is 36.5. The number of hydrogen-bond acceptors (Lipinski definition) is 4. The Bertz CT molecular complexity index is 374. The van der Waals surface area contributed by atoms with Crippen molar-refractivity contribution in [3.8, 4) is 0 Å². The lowest BCUT2D eigenvalue weighted by Gasteiger charge is -2.23. The van der Waals surface area contributed by atoms with Gasteiger partial charge in [-0.3, -0.25) is 0 Å². The molecule has 3 nitrogen and oxygen atoms in total. The minimum atomic E-state index is -0.719. The first-order chi connectivity index (χ1) is 7.69. The maximum Gasteiger partial charge on any atom is 0.124 e. The summed E-state index contributed by atoms with van der Waals surface area (Å²) < 4.78 is 0. The van der Waals surface area contributed by atoms with E-state index in [9.17, 15) is 10.2 Å². The first kappa shape index (κ1) is 10.7. The van der Waals surface area contributed by atoms with E-state index in [1.807, 2.05) is 5.38 Å². The summed E-state index contributed by atoms with van der Waals surface area (Å²) in [5.74, 6) is 0.478. The highest BCUT2D eigenvalue weighted by molar-refractivity contribution is 7.09. The summed E-state index contributed by atoms with van der Waals surface area (Å²) in [5.41, 5.74) is -0.578. The minimum absolute atomic E-state index is 0.141. The average molecular weight is 239 g/mol. The Morgan fingerprint density at radius 1 is 1.44 bits per heavy atom. The van der Waals surface area contributed by atoms with Gasteiger partial charge in [-0.2, -0.15) is 0 Å². The van der Waals surface area contributed by atoms with E-state index in [1.165, 1.54) is 11.3 Å². The SMILES string of the molecule is OCC1([C@@H]2CC[C@@](O)(c3nccs3)C2)CC1. The maximum atomic E-state index is 10.6. The summed E-state index contributed by atoms with van der Waals surface area (Å²) in [6.07, 6.45) is 6.61. The first-order valence-electron chi connectivity index (χ1n) is 5.92. The van der Waals surface area contributed by atoms with E-state index in [1.54, 1.807) is 6.20 Å². The highest BCUT2D eigenvalue weighted by Gasteiger charge is 2.54. The van der Waals surface area contributed by atoms with Gasteiger partial charge in [-0.1, -0.05) is 0 Å². The molecule has 1 aromatic heterocycles. The van der Waals surface area contributed by atoms with Crippen LogP contribution < -0.4 is 0 Å². The minimum Gasteiger partial charge on any atom is -0.396 e. The zero-order valence-electron chi connectivity index (χ0n) is 9.22. The van der Waals surface area contributed by atoms with Crippen molar-refractivity contribution < 1.29 is 10.2 Å². The van der Waals surface area contributed by atoms with E-state index in [4.69, 9.17) is 0 Å². The smallest absolute Gasteiger partial charge is 0.124 e. The van der Waals surface area contributed by atoms with Crippen molar-refractivity contribution in [3.05, 3.63) is 16.6 Å². The molecule has 0 saturated heterocycles. The molecular formula is C12H17NO2S. The van der Waals surface area contributed by atoms with Gasteiger partial charge in [0.05, 0.1) is 0 Å². The van der Waals surface area contributed by atoms with Crippen molar-refractivity contribution in [2.45, 2.75) is 37.7 Å². The molecule has 4 heteroatoms. The van der Waals surface area contributed by atoms with Crippen LogP contribution in [0.2, 0.25) is 0 Å². The largest absolute Gasteiger partial charge is 0.396 e. The molecule has 0 bridgehead atoms. The van der Waals surface area contributed by atoms with Crippen molar-refractivity contribution in [1.29, 1.82) is 0 Å². The lowest BCUT2D eigenvalue weighted by molar-refractivity contribution is 0.0316. The Labute approximate surface area is 99.2 Å². The van der Waals surface area contributed by atoms with Crippen LogP contribution in [0.3, 0.4) is 0 Å². The fourth-order valence-electron chi connectivity index (χ4n) is 3.05. The molecular weight excluding hydrogens is 222 g/mol. The second-order valence-electron chi connectivity index (χ2n) is 5.33. The molecule has 2 aliphatic carbocycles.